The highest BCUT2D eigenvalue weighted by Crippen LogP contribution is 2.16. The average Bonchev–Trinajstić information content (AvgIpc) is 2.15. The Labute approximate surface area is 90.7 Å². The number of hydrogen-bond donors (Lipinski definition) is 1. The second-order valence-electron chi connectivity index (χ2n) is 3.63. The lowest BCUT2D eigenvalue weighted by Gasteiger charge is -2.20. The Hall–Kier alpha value is -0.930. The summed E-state index contributed by atoms with van der Waals surface area (Å²) >= 11 is 5.07. The third-order valence-corrected chi connectivity index (χ3v) is 2.38. The van der Waals surface area contributed by atoms with Crippen molar-refractivity contribution in [3.05, 3.63) is 35.9 Å². The number of benzene rings is 1. The fourth-order valence-electron chi connectivity index (χ4n) is 1.41. The van der Waals surface area contributed by atoms with Crippen molar-refractivity contribution in [2.45, 2.75) is 5.92 Å². The highest BCUT2D eigenvalue weighted by Gasteiger charge is 2.14. The van der Waals surface area contributed by atoms with Crippen molar-refractivity contribution in [3.63, 3.8) is 0 Å². The molecule has 0 aromatic heterocycles. The van der Waals surface area contributed by atoms with Gasteiger partial charge in [-0.15, -0.1) is 0 Å². The predicted octanol–water partition coefficient (Wildman–Crippen LogP) is 1.62. The highest BCUT2D eigenvalue weighted by atomic mass is 32.1. The average molecular weight is 208 g/mol. The first-order chi connectivity index (χ1) is 6.61. The van der Waals surface area contributed by atoms with Gasteiger partial charge in [-0.3, -0.25) is 0 Å². The van der Waals surface area contributed by atoms with Crippen LogP contribution in [-0.2, 0) is 0 Å². The van der Waals surface area contributed by atoms with Crippen LogP contribution in [0.15, 0.2) is 30.3 Å². The Kier molecular flexibility index (Phi) is 4.04. The lowest BCUT2D eigenvalue weighted by Crippen LogP contribution is -2.29. The van der Waals surface area contributed by atoms with Gasteiger partial charge in [0.25, 0.3) is 0 Å². The quantitative estimate of drug-likeness (QED) is 0.762. The maximum atomic E-state index is 5.72. The molecule has 0 radical (unpaired) electrons. The van der Waals surface area contributed by atoms with Crippen LogP contribution in [0.4, 0.5) is 0 Å². The van der Waals surface area contributed by atoms with Crippen molar-refractivity contribution < 1.29 is 0 Å². The fraction of sp³-hybridized carbons (Fsp3) is 0.364. The van der Waals surface area contributed by atoms with E-state index in [1.54, 1.807) is 0 Å². The molecule has 3 heteroatoms. The second-order valence-corrected chi connectivity index (χ2v) is 4.10. The van der Waals surface area contributed by atoms with Gasteiger partial charge in [0.15, 0.2) is 0 Å². The van der Waals surface area contributed by atoms with E-state index in [1.165, 1.54) is 5.56 Å². The molecule has 1 atom stereocenters. The molecule has 2 nitrogen and oxygen atoms in total. The standard InChI is InChI=1S/C11H16N2S/c1-13(2)8-10(11(12)14)9-6-4-3-5-7-9/h3-7,10H,8H2,1-2H3,(H2,12,14). The van der Waals surface area contributed by atoms with Gasteiger partial charge in [-0.2, -0.15) is 0 Å². The van der Waals surface area contributed by atoms with Crippen LogP contribution < -0.4 is 5.73 Å². The zero-order chi connectivity index (χ0) is 10.6. The normalized spacial score (nSPS) is 12.8. The number of nitrogens with two attached hydrogens (primary N) is 1. The molecule has 0 aliphatic carbocycles. The largest absolute Gasteiger partial charge is 0.393 e. The van der Waals surface area contributed by atoms with Crippen molar-refractivity contribution >= 4 is 17.2 Å². The molecular formula is C11H16N2S. The minimum atomic E-state index is 0.154. The van der Waals surface area contributed by atoms with Crippen molar-refractivity contribution in [2.24, 2.45) is 5.73 Å². The smallest absolute Gasteiger partial charge is 0.0816 e. The van der Waals surface area contributed by atoms with Crippen LogP contribution >= 0.6 is 12.2 Å². The summed E-state index contributed by atoms with van der Waals surface area (Å²) in [5, 5.41) is 0. The summed E-state index contributed by atoms with van der Waals surface area (Å²) in [6.45, 7) is 0.860. The highest BCUT2D eigenvalue weighted by molar-refractivity contribution is 7.80. The van der Waals surface area contributed by atoms with Gasteiger partial charge < -0.3 is 10.6 Å². The molecule has 0 heterocycles. The van der Waals surface area contributed by atoms with Gasteiger partial charge in [0.2, 0.25) is 0 Å². The Balaban J connectivity index is 2.84. The molecule has 1 aromatic carbocycles. The molecule has 0 amide bonds. The van der Waals surface area contributed by atoms with E-state index in [2.05, 4.69) is 17.0 Å². The van der Waals surface area contributed by atoms with Crippen LogP contribution in [0.2, 0.25) is 0 Å². The van der Waals surface area contributed by atoms with E-state index in [9.17, 15) is 0 Å². The van der Waals surface area contributed by atoms with Gasteiger partial charge in [0.05, 0.1) is 4.99 Å². The molecule has 2 N–H and O–H groups in total. The van der Waals surface area contributed by atoms with Gasteiger partial charge in [-0.1, -0.05) is 42.5 Å². The predicted molar refractivity (Wildman–Crippen MR) is 64.5 cm³/mol. The molecule has 0 aliphatic rings. The van der Waals surface area contributed by atoms with Crippen LogP contribution in [0, 0.1) is 0 Å². The summed E-state index contributed by atoms with van der Waals surface area (Å²) < 4.78 is 0. The van der Waals surface area contributed by atoms with Gasteiger partial charge in [0.1, 0.15) is 0 Å². The maximum Gasteiger partial charge on any atom is 0.0816 e. The monoisotopic (exact) mass is 208 g/mol. The van der Waals surface area contributed by atoms with Crippen LogP contribution in [-0.4, -0.2) is 30.5 Å². The number of rotatable bonds is 4. The topological polar surface area (TPSA) is 29.3 Å². The third kappa shape index (κ3) is 3.09. The van der Waals surface area contributed by atoms with Crippen LogP contribution in [0.1, 0.15) is 11.5 Å². The minimum Gasteiger partial charge on any atom is -0.393 e. The molecule has 0 saturated carbocycles. The molecule has 1 rings (SSSR count). The molecule has 0 bridgehead atoms. The minimum absolute atomic E-state index is 0.154. The van der Waals surface area contributed by atoms with Crippen LogP contribution in [0.25, 0.3) is 0 Å². The summed E-state index contributed by atoms with van der Waals surface area (Å²) in [6, 6.07) is 10.1. The molecule has 1 unspecified atom stereocenters. The summed E-state index contributed by atoms with van der Waals surface area (Å²) in [4.78, 5) is 2.65. The molecule has 0 saturated heterocycles. The Morgan fingerprint density at radius 2 is 1.93 bits per heavy atom. The Morgan fingerprint density at radius 3 is 2.36 bits per heavy atom. The molecule has 0 aliphatic heterocycles. The van der Waals surface area contributed by atoms with Crippen LogP contribution in [0.5, 0.6) is 0 Å². The molecule has 0 spiro atoms. The Bertz CT molecular complexity index is 295. The van der Waals surface area contributed by atoms with E-state index < -0.39 is 0 Å². The first kappa shape index (κ1) is 11.1. The number of hydrogen-bond acceptors (Lipinski definition) is 2. The third-order valence-electron chi connectivity index (χ3n) is 2.09. The molecular weight excluding hydrogens is 192 g/mol. The molecule has 14 heavy (non-hydrogen) atoms. The van der Waals surface area contributed by atoms with Gasteiger partial charge in [0, 0.05) is 12.5 Å². The fourth-order valence-corrected chi connectivity index (χ4v) is 1.62. The van der Waals surface area contributed by atoms with E-state index >= 15 is 0 Å². The SMILES string of the molecule is CN(C)CC(C(N)=S)c1ccccc1. The van der Waals surface area contributed by atoms with E-state index in [0.29, 0.717) is 4.99 Å². The molecule has 1 aromatic rings. The number of nitrogens with zero attached hydrogens (tertiary/aromatic N) is 1. The zero-order valence-corrected chi connectivity index (χ0v) is 9.42. The maximum absolute atomic E-state index is 5.72. The Morgan fingerprint density at radius 1 is 1.36 bits per heavy atom. The van der Waals surface area contributed by atoms with Gasteiger partial charge in [-0.05, 0) is 19.7 Å². The first-order valence-corrected chi connectivity index (χ1v) is 5.01. The van der Waals surface area contributed by atoms with Crippen LogP contribution in [0.3, 0.4) is 0 Å². The van der Waals surface area contributed by atoms with Gasteiger partial charge >= 0.3 is 0 Å². The molecule has 0 fully saturated rings. The van der Waals surface area contributed by atoms with Crippen molar-refractivity contribution in [2.75, 3.05) is 20.6 Å². The van der Waals surface area contributed by atoms with Crippen molar-refractivity contribution in [1.29, 1.82) is 0 Å². The van der Waals surface area contributed by atoms with Crippen molar-refractivity contribution in [1.82, 2.24) is 4.90 Å². The molecule has 76 valence electrons. The zero-order valence-electron chi connectivity index (χ0n) is 8.60. The van der Waals surface area contributed by atoms with Gasteiger partial charge in [-0.25, -0.2) is 0 Å². The number of thiocarbonyl (C=S) groups is 1. The number of likely N-dealkylation sites (N-methyl/N-ethyl adjacent to an activating group) is 1. The summed E-state index contributed by atoms with van der Waals surface area (Å²) in [6.07, 6.45) is 0. The summed E-state index contributed by atoms with van der Waals surface area (Å²) in [5.41, 5.74) is 6.91. The lowest BCUT2D eigenvalue weighted by molar-refractivity contribution is 0.403. The lowest BCUT2D eigenvalue weighted by atomic mass is 9.99. The summed E-state index contributed by atoms with van der Waals surface area (Å²) in [7, 11) is 4.04. The van der Waals surface area contributed by atoms with E-state index in [0.717, 1.165) is 6.54 Å². The van der Waals surface area contributed by atoms with E-state index in [1.807, 2.05) is 32.3 Å². The second kappa shape index (κ2) is 5.08. The van der Waals surface area contributed by atoms with E-state index in [4.69, 9.17) is 18.0 Å². The van der Waals surface area contributed by atoms with Crippen molar-refractivity contribution in [3.8, 4) is 0 Å². The summed E-state index contributed by atoms with van der Waals surface area (Å²) in [5.74, 6) is 0.154. The first-order valence-electron chi connectivity index (χ1n) is 4.60. The van der Waals surface area contributed by atoms with E-state index in [-0.39, 0.29) is 5.92 Å².